The number of rotatable bonds is 9. The zero-order valence-electron chi connectivity index (χ0n) is 20.0. The minimum absolute atomic E-state index is 0.0635. The molecule has 34 heavy (non-hydrogen) atoms. The molecule has 0 aliphatic carbocycles. The van der Waals surface area contributed by atoms with Crippen molar-refractivity contribution in [2.45, 2.75) is 38.3 Å². The predicted octanol–water partition coefficient (Wildman–Crippen LogP) is 2.44. The van der Waals surface area contributed by atoms with Crippen LogP contribution in [0.2, 0.25) is 0 Å². The zero-order chi connectivity index (χ0) is 23.9. The first-order valence-corrected chi connectivity index (χ1v) is 12.3. The van der Waals surface area contributed by atoms with Gasteiger partial charge in [0.1, 0.15) is 5.75 Å². The van der Waals surface area contributed by atoms with Crippen molar-refractivity contribution >= 4 is 11.8 Å². The summed E-state index contributed by atoms with van der Waals surface area (Å²) in [5, 5.41) is 3.39. The topological polar surface area (TPSA) is 87.9 Å². The summed E-state index contributed by atoms with van der Waals surface area (Å²) in [6, 6.07) is 16.1. The van der Waals surface area contributed by atoms with Crippen LogP contribution >= 0.6 is 0 Å². The number of ether oxygens (including phenoxy) is 1. The highest BCUT2D eigenvalue weighted by atomic mass is 16.5. The average molecular weight is 465 g/mol. The number of carbonyl (C=O) groups excluding carboxylic acids is 2. The third-order valence-electron chi connectivity index (χ3n) is 7.07. The van der Waals surface area contributed by atoms with Crippen molar-refractivity contribution in [3.8, 4) is 5.75 Å². The summed E-state index contributed by atoms with van der Waals surface area (Å²) in [5.41, 5.74) is 8.48. The van der Waals surface area contributed by atoms with Crippen LogP contribution < -0.4 is 15.8 Å². The highest BCUT2D eigenvalue weighted by molar-refractivity contribution is 5.94. The van der Waals surface area contributed by atoms with E-state index in [0.717, 1.165) is 68.7 Å². The number of primary amides is 1. The van der Waals surface area contributed by atoms with E-state index in [2.05, 4.69) is 16.3 Å². The summed E-state index contributed by atoms with van der Waals surface area (Å²) < 4.78 is 5.50. The van der Waals surface area contributed by atoms with Crippen molar-refractivity contribution in [3.63, 3.8) is 0 Å². The van der Waals surface area contributed by atoms with Gasteiger partial charge in [-0.05, 0) is 68.1 Å². The lowest BCUT2D eigenvalue weighted by Gasteiger charge is -2.31. The molecule has 4 rings (SSSR count). The van der Waals surface area contributed by atoms with Crippen LogP contribution in [0, 0.1) is 5.92 Å². The van der Waals surface area contributed by atoms with Gasteiger partial charge < -0.3 is 20.7 Å². The van der Waals surface area contributed by atoms with Gasteiger partial charge in [0.2, 0.25) is 5.91 Å². The Hall–Kier alpha value is -2.90. The molecule has 7 nitrogen and oxygen atoms in total. The number of benzene rings is 2. The smallest absolute Gasteiger partial charge is 0.254 e. The molecule has 0 aromatic heterocycles. The molecule has 0 radical (unpaired) electrons. The third-order valence-corrected chi connectivity index (χ3v) is 7.07. The van der Waals surface area contributed by atoms with Crippen molar-refractivity contribution in [2.75, 3.05) is 39.8 Å². The first-order chi connectivity index (χ1) is 16.5. The van der Waals surface area contributed by atoms with Gasteiger partial charge in [-0.3, -0.25) is 14.5 Å². The second-order valence-corrected chi connectivity index (χ2v) is 9.38. The van der Waals surface area contributed by atoms with Crippen molar-refractivity contribution in [1.29, 1.82) is 0 Å². The lowest BCUT2D eigenvalue weighted by atomic mass is 9.97. The highest BCUT2D eigenvalue weighted by Crippen LogP contribution is 2.22. The van der Waals surface area contributed by atoms with E-state index in [0.29, 0.717) is 18.7 Å². The van der Waals surface area contributed by atoms with Gasteiger partial charge in [0.15, 0.2) is 0 Å². The molecule has 2 aliphatic rings. The molecule has 0 saturated carbocycles. The van der Waals surface area contributed by atoms with Gasteiger partial charge in [0.25, 0.3) is 5.91 Å². The van der Waals surface area contributed by atoms with Gasteiger partial charge in [-0.25, -0.2) is 0 Å². The number of methoxy groups -OCH3 is 1. The molecular weight excluding hydrogens is 428 g/mol. The van der Waals surface area contributed by atoms with Crippen molar-refractivity contribution in [1.82, 2.24) is 15.1 Å². The number of para-hydroxylation sites is 1. The van der Waals surface area contributed by atoms with Crippen LogP contribution in [0.25, 0.3) is 0 Å². The van der Waals surface area contributed by atoms with Gasteiger partial charge in [0, 0.05) is 37.8 Å². The Kier molecular flexibility index (Phi) is 8.19. The molecule has 2 atom stereocenters. The maximum atomic E-state index is 13.5. The van der Waals surface area contributed by atoms with Gasteiger partial charge in [0.05, 0.1) is 13.0 Å². The van der Waals surface area contributed by atoms with Gasteiger partial charge in [-0.1, -0.05) is 30.3 Å². The Balaban J connectivity index is 1.42. The molecule has 2 amide bonds. The number of nitrogens with one attached hydrogen (secondary N) is 1. The molecule has 0 bridgehead atoms. The standard InChI is InChI=1S/C27H36N4O3/c1-34-25-7-3-2-5-21(25)13-16-31(24-12-14-29-17-24)27(33)22-10-8-20(9-11-22)18-30-15-4-6-23(19-30)26(28)32/h2-3,5,7-11,23-24,29H,4,6,12-19H2,1H3,(H2,28,32). The van der Waals surface area contributed by atoms with Gasteiger partial charge in [-0.15, -0.1) is 0 Å². The summed E-state index contributed by atoms with van der Waals surface area (Å²) in [4.78, 5) is 29.4. The number of nitrogens with two attached hydrogens (primary N) is 1. The molecule has 2 heterocycles. The number of carbonyl (C=O) groups is 2. The SMILES string of the molecule is COc1ccccc1CCN(C(=O)c1ccc(CN2CCCC(C(N)=O)C2)cc1)C1CCNC1. The first kappa shape index (κ1) is 24.2. The Labute approximate surface area is 202 Å². The number of amides is 2. The van der Waals surface area contributed by atoms with Crippen LogP contribution in [0.15, 0.2) is 48.5 Å². The van der Waals surface area contributed by atoms with Crippen LogP contribution in [0.1, 0.15) is 40.7 Å². The fourth-order valence-electron chi connectivity index (χ4n) is 5.11. The van der Waals surface area contributed by atoms with Gasteiger partial charge >= 0.3 is 0 Å². The quantitative estimate of drug-likeness (QED) is 0.595. The number of nitrogens with zero attached hydrogens (tertiary/aromatic N) is 2. The summed E-state index contributed by atoms with van der Waals surface area (Å²) in [6.07, 6.45) is 3.58. The van der Waals surface area contributed by atoms with Crippen LogP contribution in [-0.2, 0) is 17.8 Å². The second-order valence-electron chi connectivity index (χ2n) is 9.38. The Morgan fingerprint density at radius 1 is 1.15 bits per heavy atom. The first-order valence-electron chi connectivity index (χ1n) is 12.3. The summed E-state index contributed by atoms with van der Waals surface area (Å²) >= 11 is 0. The summed E-state index contributed by atoms with van der Waals surface area (Å²) in [5.74, 6) is 0.661. The van der Waals surface area contributed by atoms with Crippen LogP contribution in [-0.4, -0.2) is 67.5 Å². The minimum atomic E-state index is -0.208. The predicted molar refractivity (Wildman–Crippen MR) is 133 cm³/mol. The molecule has 2 fully saturated rings. The average Bonchev–Trinajstić information content (AvgIpc) is 3.39. The van der Waals surface area contributed by atoms with E-state index >= 15 is 0 Å². The molecule has 2 saturated heterocycles. The van der Waals surface area contributed by atoms with Crippen LogP contribution in [0.3, 0.4) is 0 Å². The molecule has 7 heteroatoms. The van der Waals surface area contributed by atoms with Crippen LogP contribution in [0.4, 0.5) is 0 Å². The van der Waals surface area contributed by atoms with E-state index in [1.807, 2.05) is 47.4 Å². The van der Waals surface area contributed by atoms with Gasteiger partial charge in [-0.2, -0.15) is 0 Å². The third kappa shape index (κ3) is 5.96. The number of hydrogen-bond donors (Lipinski definition) is 2. The van der Waals surface area contributed by atoms with Crippen LogP contribution in [0.5, 0.6) is 5.75 Å². The second kappa shape index (κ2) is 11.5. The maximum absolute atomic E-state index is 13.5. The molecule has 0 spiro atoms. The summed E-state index contributed by atoms with van der Waals surface area (Å²) in [6.45, 7) is 4.85. The number of hydrogen-bond acceptors (Lipinski definition) is 5. The normalized spacial score (nSPS) is 20.7. The van der Waals surface area contributed by atoms with E-state index in [9.17, 15) is 9.59 Å². The Morgan fingerprint density at radius 2 is 1.94 bits per heavy atom. The minimum Gasteiger partial charge on any atom is -0.496 e. The molecule has 182 valence electrons. The van der Waals surface area contributed by atoms with Crippen molar-refractivity contribution < 1.29 is 14.3 Å². The molecule has 2 aromatic rings. The number of piperidine rings is 1. The monoisotopic (exact) mass is 464 g/mol. The van der Waals surface area contributed by atoms with E-state index < -0.39 is 0 Å². The number of likely N-dealkylation sites (tertiary alicyclic amines) is 1. The molecule has 2 unspecified atom stereocenters. The largest absolute Gasteiger partial charge is 0.496 e. The highest BCUT2D eigenvalue weighted by Gasteiger charge is 2.28. The molecular formula is C27H36N4O3. The Morgan fingerprint density at radius 3 is 2.65 bits per heavy atom. The molecule has 2 aromatic carbocycles. The van der Waals surface area contributed by atoms with Crippen molar-refractivity contribution in [3.05, 3.63) is 65.2 Å². The van der Waals surface area contributed by atoms with E-state index in [1.165, 1.54) is 0 Å². The molecule has 3 N–H and O–H groups in total. The lowest BCUT2D eigenvalue weighted by molar-refractivity contribution is -0.123. The fourth-order valence-corrected chi connectivity index (χ4v) is 5.11. The summed E-state index contributed by atoms with van der Waals surface area (Å²) in [7, 11) is 1.68. The maximum Gasteiger partial charge on any atom is 0.254 e. The Bertz CT molecular complexity index is 972. The zero-order valence-corrected chi connectivity index (χ0v) is 20.0. The lowest BCUT2D eigenvalue weighted by Crippen LogP contribution is -2.43. The van der Waals surface area contributed by atoms with E-state index in [4.69, 9.17) is 10.5 Å². The van der Waals surface area contributed by atoms with Crippen molar-refractivity contribution in [2.24, 2.45) is 11.7 Å². The van der Waals surface area contributed by atoms with E-state index in [1.54, 1.807) is 7.11 Å². The van der Waals surface area contributed by atoms with E-state index in [-0.39, 0.29) is 23.8 Å². The molecule has 2 aliphatic heterocycles. The fraction of sp³-hybridized carbons (Fsp3) is 0.481.